The minimum absolute atomic E-state index is 0.0821. The van der Waals surface area contributed by atoms with E-state index in [2.05, 4.69) is 10.4 Å². The molecule has 0 radical (unpaired) electrons. The number of nitrogens with one attached hydrogen (secondary N) is 1. The summed E-state index contributed by atoms with van der Waals surface area (Å²) in [5, 5.41) is 7.54. The number of hydrogen-bond acceptors (Lipinski definition) is 4. The van der Waals surface area contributed by atoms with Gasteiger partial charge in [-0.2, -0.15) is 35.3 Å². The zero-order chi connectivity index (χ0) is 21.9. The Bertz CT molecular complexity index is 887. The van der Waals surface area contributed by atoms with Crippen LogP contribution in [-0.4, -0.2) is 65.2 Å². The number of rotatable bonds is 3. The van der Waals surface area contributed by atoms with Crippen molar-refractivity contribution in [1.82, 2.24) is 18.4 Å². The molecule has 7 nitrogen and oxygen atoms in total. The van der Waals surface area contributed by atoms with Crippen LogP contribution in [0.1, 0.15) is 64.1 Å². The largest absolute Gasteiger partial charge is 0.410 e. The lowest BCUT2D eigenvalue weighted by Crippen LogP contribution is -2.44. The molecular weight excluding hydrogens is 419 g/mol. The van der Waals surface area contributed by atoms with Crippen molar-refractivity contribution in [2.24, 2.45) is 5.41 Å². The molecule has 3 atom stereocenters. The Labute approximate surface area is 175 Å². The number of hydrogen-bond donors (Lipinski definition) is 1. The highest BCUT2D eigenvalue weighted by Gasteiger charge is 2.48. The summed E-state index contributed by atoms with van der Waals surface area (Å²) in [6.45, 7) is 7.46. The summed E-state index contributed by atoms with van der Waals surface area (Å²) in [6, 6.07) is -0.345. The quantitative estimate of drug-likeness (QED) is 0.768. The molecule has 0 aromatic carbocycles. The lowest BCUT2D eigenvalue weighted by atomic mass is 9.82. The Morgan fingerprint density at radius 2 is 1.77 bits per heavy atom. The summed E-state index contributed by atoms with van der Waals surface area (Å²) >= 11 is 0. The molecule has 0 saturated carbocycles. The van der Waals surface area contributed by atoms with E-state index in [4.69, 9.17) is 0 Å². The lowest BCUT2D eigenvalue weighted by molar-refractivity contribution is -0.175. The minimum Gasteiger partial charge on any atom is -0.367 e. The fourth-order valence-corrected chi connectivity index (χ4v) is 6.37. The average molecular weight is 450 g/mol. The Balaban J connectivity index is 1.57. The third-order valence-corrected chi connectivity index (χ3v) is 8.54. The second-order valence-corrected chi connectivity index (χ2v) is 11.6. The second-order valence-electron chi connectivity index (χ2n) is 9.71. The molecule has 4 rings (SSSR count). The van der Waals surface area contributed by atoms with Gasteiger partial charge in [-0.05, 0) is 31.1 Å². The topological polar surface area (TPSA) is 70.5 Å². The first kappa shape index (κ1) is 21.9. The summed E-state index contributed by atoms with van der Waals surface area (Å²) in [4.78, 5) is 0. The zero-order valence-electron chi connectivity index (χ0n) is 17.6. The summed E-state index contributed by atoms with van der Waals surface area (Å²) in [5.41, 5.74) is 0.188. The van der Waals surface area contributed by atoms with Crippen molar-refractivity contribution in [3.63, 3.8) is 0 Å². The smallest absolute Gasteiger partial charge is 0.367 e. The highest BCUT2D eigenvalue weighted by Crippen LogP contribution is 2.44. The van der Waals surface area contributed by atoms with Gasteiger partial charge in [0.2, 0.25) is 0 Å². The Kier molecular flexibility index (Phi) is 5.38. The number of aromatic nitrogens is 2. The van der Waals surface area contributed by atoms with Crippen LogP contribution in [0.3, 0.4) is 0 Å². The van der Waals surface area contributed by atoms with Gasteiger partial charge in [0.15, 0.2) is 6.04 Å². The van der Waals surface area contributed by atoms with Crippen LogP contribution in [0.2, 0.25) is 0 Å². The van der Waals surface area contributed by atoms with E-state index in [1.165, 1.54) is 8.61 Å². The number of fused-ring (bicyclic) bond motifs is 1. The van der Waals surface area contributed by atoms with Gasteiger partial charge < -0.3 is 5.32 Å². The van der Waals surface area contributed by atoms with E-state index in [-0.39, 0.29) is 30.3 Å². The van der Waals surface area contributed by atoms with Gasteiger partial charge in [-0.3, -0.25) is 0 Å². The minimum atomic E-state index is -4.40. The molecule has 0 amide bonds. The van der Waals surface area contributed by atoms with Crippen molar-refractivity contribution >= 4 is 16.0 Å². The van der Waals surface area contributed by atoms with Crippen LogP contribution in [0.15, 0.2) is 6.07 Å². The van der Waals surface area contributed by atoms with Crippen LogP contribution in [0.25, 0.3) is 0 Å². The van der Waals surface area contributed by atoms with Gasteiger partial charge in [-0.1, -0.05) is 20.8 Å². The number of anilines is 1. The van der Waals surface area contributed by atoms with E-state index in [0.29, 0.717) is 37.6 Å². The molecule has 170 valence electrons. The van der Waals surface area contributed by atoms with Gasteiger partial charge in [-0.15, -0.1) is 0 Å². The summed E-state index contributed by atoms with van der Waals surface area (Å²) in [6.07, 6.45) is -2.19. The van der Waals surface area contributed by atoms with Crippen molar-refractivity contribution in [2.75, 3.05) is 31.5 Å². The Morgan fingerprint density at radius 3 is 2.37 bits per heavy atom. The maximum atomic E-state index is 13.8. The first-order chi connectivity index (χ1) is 13.9. The summed E-state index contributed by atoms with van der Waals surface area (Å²) in [7, 11) is -3.51. The molecule has 2 fully saturated rings. The molecule has 30 heavy (non-hydrogen) atoms. The standard InChI is InChI=1S/C19H30F3N5O2S/c1-18(2,3)15-11-16(19(20,21)22)27-17(23-15)10-14(24-27)13-6-9-26(12-13)30(28,29)25-7-4-5-8-25/h10,13,15-16,23H,4-9,11-12H2,1-3H3/t13-,15-,16+/m0/s1. The predicted octanol–water partition coefficient (Wildman–Crippen LogP) is 3.35. The molecule has 0 spiro atoms. The molecule has 11 heteroatoms. The van der Waals surface area contributed by atoms with Crippen molar-refractivity contribution in [3.05, 3.63) is 11.8 Å². The molecule has 1 aromatic rings. The normalized spacial score (nSPS) is 29.2. The Hall–Kier alpha value is -1.33. The van der Waals surface area contributed by atoms with E-state index in [1.54, 1.807) is 6.07 Å². The maximum Gasteiger partial charge on any atom is 0.410 e. The molecule has 4 heterocycles. The van der Waals surface area contributed by atoms with Crippen molar-refractivity contribution in [2.45, 2.75) is 70.6 Å². The molecular formula is C19H30F3N5O2S. The van der Waals surface area contributed by atoms with E-state index in [0.717, 1.165) is 17.5 Å². The van der Waals surface area contributed by atoms with Gasteiger partial charge >= 0.3 is 6.18 Å². The van der Waals surface area contributed by atoms with Crippen molar-refractivity contribution < 1.29 is 21.6 Å². The molecule has 1 aromatic heterocycles. The van der Waals surface area contributed by atoms with E-state index < -0.39 is 22.4 Å². The zero-order valence-corrected chi connectivity index (χ0v) is 18.4. The van der Waals surface area contributed by atoms with Gasteiger partial charge in [0.25, 0.3) is 10.2 Å². The number of nitrogens with zero attached hydrogens (tertiary/aromatic N) is 4. The van der Waals surface area contributed by atoms with Gasteiger partial charge in [-0.25, -0.2) is 4.68 Å². The van der Waals surface area contributed by atoms with Crippen LogP contribution in [0.5, 0.6) is 0 Å². The van der Waals surface area contributed by atoms with Crippen molar-refractivity contribution in [3.8, 4) is 0 Å². The molecule has 0 bridgehead atoms. The third-order valence-electron chi connectivity index (χ3n) is 6.54. The third kappa shape index (κ3) is 3.95. The molecule has 2 saturated heterocycles. The lowest BCUT2D eigenvalue weighted by Gasteiger charge is -2.39. The molecule has 3 aliphatic rings. The average Bonchev–Trinajstić information content (AvgIpc) is 3.38. The van der Waals surface area contributed by atoms with Crippen LogP contribution < -0.4 is 5.32 Å². The first-order valence-corrected chi connectivity index (χ1v) is 11.9. The van der Waals surface area contributed by atoms with Crippen LogP contribution >= 0.6 is 0 Å². The fourth-order valence-electron chi connectivity index (χ4n) is 4.62. The number of halogens is 3. The summed E-state index contributed by atoms with van der Waals surface area (Å²) < 4.78 is 71.0. The van der Waals surface area contributed by atoms with Crippen molar-refractivity contribution in [1.29, 1.82) is 0 Å². The van der Waals surface area contributed by atoms with E-state index in [9.17, 15) is 21.6 Å². The molecule has 0 aliphatic carbocycles. The fraction of sp³-hybridized carbons (Fsp3) is 0.842. The predicted molar refractivity (Wildman–Crippen MR) is 107 cm³/mol. The molecule has 1 N–H and O–H groups in total. The molecule has 3 aliphatic heterocycles. The SMILES string of the molecule is CC(C)(C)[C@@H]1C[C@H](C(F)(F)F)n2nc([C@H]3CCN(S(=O)(=O)N4CCCC4)C3)cc2N1. The van der Waals surface area contributed by atoms with Crippen LogP contribution in [0, 0.1) is 5.41 Å². The number of alkyl halides is 3. The van der Waals surface area contributed by atoms with Crippen LogP contribution in [0.4, 0.5) is 19.0 Å². The second kappa shape index (κ2) is 7.37. The molecule has 0 unspecified atom stereocenters. The first-order valence-electron chi connectivity index (χ1n) is 10.6. The van der Waals surface area contributed by atoms with Gasteiger partial charge in [0.1, 0.15) is 5.82 Å². The van der Waals surface area contributed by atoms with E-state index in [1.807, 2.05) is 20.8 Å². The van der Waals surface area contributed by atoms with Gasteiger partial charge in [0.05, 0.1) is 5.69 Å². The monoisotopic (exact) mass is 449 g/mol. The van der Waals surface area contributed by atoms with Crippen LogP contribution in [-0.2, 0) is 10.2 Å². The Morgan fingerprint density at radius 1 is 1.10 bits per heavy atom. The highest BCUT2D eigenvalue weighted by atomic mass is 32.2. The maximum absolute atomic E-state index is 13.8. The summed E-state index contributed by atoms with van der Waals surface area (Å²) in [5.74, 6) is 0.156. The van der Waals surface area contributed by atoms with E-state index >= 15 is 0 Å². The van der Waals surface area contributed by atoms with Gasteiger partial charge in [0, 0.05) is 44.2 Å². The highest BCUT2D eigenvalue weighted by molar-refractivity contribution is 7.86.